The fourth-order valence-corrected chi connectivity index (χ4v) is 6.92. The van der Waals surface area contributed by atoms with Crippen LogP contribution in [0.15, 0.2) is 109 Å². The second-order valence-electron chi connectivity index (χ2n) is 8.74. The molecule has 4 rings (SSSR count). The van der Waals surface area contributed by atoms with Crippen LogP contribution in [0.2, 0.25) is 19.6 Å². The van der Waals surface area contributed by atoms with Crippen LogP contribution < -0.4 is 25.7 Å². The first-order chi connectivity index (χ1) is 15.5. The van der Waals surface area contributed by atoms with Crippen molar-refractivity contribution in [2.45, 2.75) is 26.2 Å². The standard InChI is InChI=1S/C28H30NOPSi/c1-32(2,3)30-24-19-20-27(29-22-23-13-7-4-8-14-23)28(21-24)31(25-15-9-5-10-16-25)26-17-11-6-12-18-26/h4-21,29H,22H2,1-3H3. The van der Waals surface area contributed by atoms with Gasteiger partial charge >= 0.3 is 0 Å². The topological polar surface area (TPSA) is 21.3 Å². The van der Waals surface area contributed by atoms with E-state index in [0.717, 1.165) is 18.0 Å². The van der Waals surface area contributed by atoms with Crippen molar-refractivity contribution in [2.24, 2.45) is 0 Å². The van der Waals surface area contributed by atoms with Gasteiger partial charge in [0.2, 0.25) is 8.32 Å². The molecule has 0 heterocycles. The zero-order valence-corrected chi connectivity index (χ0v) is 20.8. The van der Waals surface area contributed by atoms with Gasteiger partial charge in [0.15, 0.2) is 0 Å². The Morgan fingerprint density at radius 3 is 1.75 bits per heavy atom. The molecule has 0 amide bonds. The minimum Gasteiger partial charge on any atom is -0.544 e. The summed E-state index contributed by atoms with van der Waals surface area (Å²) in [7, 11) is -2.45. The van der Waals surface area contributed by atoms with Crippen molar-refractivity contribution in [1.29, 1.82) is 0 Å². The molecular formula is C28H30NOPSi. The molecular weight excluding hydrogens is 425 g/mol. The second-order valence-corrected chi connectivity index (χ2v) is 15.4. The molecule has 0 aliphatic heterocycles. The van der Waals surface area contributed by atoms with Crippen LogP contribution in [0.25, 0.3) is 0 Å². The summed E-state index contributed by atoms with van der Waals surface area (Å²) in [5.74, 6) is 0.962. The molecule has 0 unspecified atom stereocenters. The van der Waals surface area contributed by atoms with Crippen molar-refractivity contribution in [3.05, 3.63) is 115 Å². The van der Waals surface area contributed by atoms with Crippen LogP contribution in [0.5, 0.6) is 5.75 Å². The van der Waals surface area contributed by atoms with Crippen molar-refractivity contribution in [3.63, 3.8) is 0 Å². The minimum absolute atomic E-state index is 0.732. The molecule has 0 aliphatic rings. The van der Waals surface area contributed by atoms with Crippen LogP contribution in [0.4, 0.5) is 5.69 Å². The molecule has 4 heteroatoms. The third-order valence-corrected chi connectivity index (χ3v) is 8.32. The third kappa shape index (κ3) is 5.88. The van der Waals surface area contributed by atoms with Crippen molar-refractivity contribution >= 4 is 37.8 Å². The van der Waals surface area contributed by atoms with Gasteiger partial charge in [-0.25, -0.2) is 0 Å². The van der Waals surface area contributed by atoms with Crippen LogP contribution in [0.3, 0.4) is 0 Å². The fraction of sp³-hybridized carbons (Fsp3) is 0.143. The third-order valence-electron chi connectivity index (χ3n) is 4.99. The van der Waals surface area contributed by atoms with Gasteiger partial charge in [0, 0.05) is 17.5 Å². The zero-order chi connectivity index (χ0) is 22.4. The van der Waals surface area contributed by atoms with Crippen LogP contribution in [0, 0.1) is 0 Å². The molecule has 0 spiro atoms. The van der Waals surface area contributed by atoms with E-state index in [1.54, 1.807) is 0 Å². The SMILES string of the molecule is C[Si](C)(C)Oc1ccc(NCc2ccccc2)c(P(c2ccccc2)c2ccccc2)c1. The van der Waals surface area contributed by atoms with Gasteiger partial charge in [-0.2, -0.15) is 0 Å². The Hall–Kier alpha value is -2.87. The lowest BCUT2D eigenvalue weighted by Crippen LogP contribution is -2.30. The highest BCUT2D eigenvalue weighted by Gasteiger charge is 2.22. The molecule has 0 bridgehead atoms. The van der Waals surface area contributed by atoms with E-state index in [4.69, 9.17) is 4.43 Å². The maximum absolute atomic E-state index is 6.40. The van der Waals surface area contributed by atoms with Gasteiger partial charge in [-0.3, -0.25) is 0 Å². The molecule has 0 saturated heterocycles. The van der Waals surface area contributed by atoms with E-state index in [1.807, 2.05) is 0 Å². The Labute approximate surface area is 194 Å². The summed E-state index contributed by atoms with van der Waals surface area (Å²) in [6.45, 7) is 7.47. The minimum atomic E-state index is -1.72. The number of rotatable bonds is 8. The highest BCUT2D eigenvalue weighted by molar-refractivity contribution is 7.80. The van der Waals surface area contributed by atoms with Gasteiger partial charge < -0.3 is 9.74 Å². The van der Waals surface area contributed by atoms with Gasteiger partial charge in [0.25, 0.3) is 0 Å². The number of anilines is 1. The Morgan fingerprint density at radius 2 is 1.22 bits per heavy atom. The first-order valence-electron chi connectivity index (χ1n) is 11.0. The summed E-state index contributed by atoms with van der Waals surface area (Å²) in [5, 5.41) is 7.68. The predicted octanol–water partition coefficient (Wildman–Crippen LogP) is 6.27. The van der Waals surface area contributed by atoms with Crippen molar-refractivity contribution in [3.8, 4) is 5.75 Å². The Morgan fingerprint density at radius 1 is 0.688 bits per heavy atom. The number of benzene rings is 4. The average molecular weight is 456 g/mol. The molecule has 0 radical (unpaired) electrons. The molecule has 4 aromatic rings. The van der Waals surface area contributed by atoms with Crippen LogP contribution in [0.1, 0.15) is 5.56 Å². The lowest BCUT2D eigenvalue weighted by Gasteiger charge is -2.25. The first-order valence-corrected chi connectivity index (χ1v) is 15.8. The van der Waals surface area contributed by atoms with Crippen LogP contribution in [-0.4, -0.2) is 8.32 Å². The lowest BCUT2D eigenvalue weighted by atomic mass is 10.2. The summed E-state index contributed by atoms with van der Waals surface area (Å²) >= 11 is 0. The summed E-state index contributed by atoms with van der Waals surface area (Å²) in [5.41, 5.74) is 2.43. The number of nitrogens with one attached hydrogen (secondary N) is 1. The van der Waals surface area contributed by atoms with E-state index in [9.17, 15) is 0 Å². The van der Waals surface area contributed by atoms with E-state index >= 15 is 0 Å². The molecule has 32 heavy (non-hydrogen) atoms. The number of hydrogen-bond acceptors (Lipinski definition) is 2. The second kappa shape index (κ2) is 10.2. The van der Waals surface area contributed by atoms with E-state index in [2.05, 4.69) is 134 Å². The van der Waals surface area contributed by atoms with Gasteiger partial charge in [-0.05, 0) is 61.9 Å². The smallest absolute Gasteiger partial charge is 0.242 e. The average Bonchev–Trinajstić information content (AvgIpc) is 2.80. The predicted molar refractivity (Wildman–Crippen MR) is 143 cm³/mol. The van der Waals surface area contributed by atoms with Crippen molar-refractivity contribution in [2.75, 3.05) is 5.32 Å². The summed E-state index contributed by atoms with van der Waals surface area (Å²) in [4.78, 5) is 0. The molecule has 0 aromatic heterocycles. The molecule has 0 fully saturated rings. The van der Waals surface area contributed by atoms with Gasteiger partial charge in [-0.1, -0.05) is 91.0 Å². The van der Waals surface area contributed by atoms with Gasteiger partial charge in [0.05, 0.1) is 0 Å². The number of hydrogen-bond donors (Lipinski definition) is 1. The van der Waals surface area contributed by atoms with Gasteiger partial charge in [-0.15, -0.1) is 0 Å². The normalized spacial score (nSPS) is 11.4. The molecule has 2 nitrogen and oxygen atoms in total. The van der Waals surface area contributed by atoms with Crippen LogP contribution >= 0.6 is 7.92 Å². The monoisotopic (exact) mass is 455 g/mol. The summed E-state index contributed by atoms with van der Waals surface area (Å²) < 4.78 is 6.40. The Balaban J connectivity index is 1.80. The molecule has 0 atom stereocenters. The Kier molecular flexibility index (Phi) is 7.09. The first kappa shape index (κ1) is 22.3. The van der Waals surface area contributed by atoms with E-state index < -0.39 is 16.2 Å². The largest absolute Gasteiger partial charge is 0.544 e. The highest BCUT2D eigenvalue weighted by Crippen LogP contribution is 2.37. The summed E-state index contributed by atoms with van der Waals surface area (Å²) in [6, 6.07) is 38.8. The van der Waals surface area contributed by atoms with Crippen molar-refractivity contribution < 1.29 is 4.43 Å². The fourth-order valence-electron chi connectivity index (χ4n) is 3.64. The van der Waals surface area contributed by atoms with Gasteiger partial charge in [0.1, 0.15) is 5.75 Å². The highest BCUT2D eigenvalue weighted by atomic mass is 31.1. The molecule has 162 valence electrons. The van der Waals surface area contributed by atoms with E-state index in [-0.39, 0.29) is 0 Å². The van der Waals surface area contributed by atoms with E-state index in [1.165, 1.54) is 21.5 Å². The zero-order valence-electron chi connectivity index (χ0n) is 19.0. The van der Waals surface area contributed by atoms with Crippen molar-refractivity contribution in [1.82, 2.24) is 0 Å². The molecule has 4 aromatic carbocycles. The molecule has 0 aliphatic carbocycles. The molecule has 0 saturated carbocycles. The maximum Gasteiger partial charge on any atom is 0.242 e. The summed E-state index contributed by atoms with van der Waals surface area (Å²) in [6.07, 6.45) is 0. The van der Waals surface area contributed by atoms with E-state index in [0.29, 0.717) is 0 Å². The lowest BCUT2D eigenvalue weighted by molar-refractivity contribution is 0.558. The van der Waals surface area contributed by atoms with Crippen LogP contribution in [-0.2, 0) is 6.54 Å². The Bertz CT molecular complexity index is 1090. The molecule has 1 N–H and O–H groups in total. The quantitative estimate of drug-likeness (QED) is 0.250. The maximum atomic E-state index is 6.40.